The van der Waals surface area contributed by atoms with Crippen LogP contribution < -0.4 is 5.32 Å². The minimum Gasteiger partial charge on any atom is -0.394 e. The van der Waals surface area contributed by atoms with E-state index in [1.807, 2.05) is 33.0 Å². The van der Waals surface area contributed by atoms with Crippen molar-refractivity contribution in [3.05, 3.63) is 0 Å². The van der Waals surface area contributed by atoms with Gasteiger partial charge in [-0.25, -0.2) is 0 Å². The summed E-state index contributed by atoms with van der Waals surface area (Å²) in [6.07, 6.45) is -3.00. The molecule has 4 aliphatic heterocycles. The Morgan fingerprint density at radius 2 is 1.04 bits per heavy atom. The van der Waals surface area contributed by atoms with Crippen LogP contribution in [0.4, 0.5) is 0 Å². The van der Waals surface area contributed by atoms with E-state index in [2.05, 4.69) is 0 Å². The second-order valence-corrected chi connectivity index (χ2v) is 7.97. The fourth-order valence-electron chi connectivity index (χ4n) is 4.22. The van der Waals surface area contributed by atoms with Crippen LogP contribution in [0, 0.1) is 0 Å². The normalized spacial score (nSPS) is 50.2. The average Bonchev–Trinajstić information content (AvgIpc) is 3.18. The van der Waals surface area contributed by atoms with E-state index in [1.165, 1.54) is 0 Å². The van der Waals surface area contributed by atoms with E-state index in [9.17, 15) is 10.2 Å². The summed E-state index contributed by atoms with van der Waals surface area (Å²) in [7, 11) is 0. The Morgan fingerprint density at radius 3 is 1.40 bits per heavy atom. The molecule has 4 fully saturated rings. The molecule has 0 aliphatic carbocycles. The van der Waals surface area contributed by atoms with Gasteiger partial charge < -0.3 is 38.6 Å². The SMILES string of the molecule is CC1(C)O[C@@H]2[C@H](O1)[C@@H]([NH2+][C@H]1O[C@H](CO)[C@@H]3OC(C)(C)O[C@@H]31)O[C@H]2CO. The van der Waals surface area contributed by atoms with Crippen LogP contribution in [0.25, 0.3) is 0 Å². The Labute approximate surface area is 146 Å². The Kier molecular flexibility index (Phi) is 4.38. The molecule has 4 saturated heterocycles. The summed E-state index contributed by atoms with van der Waals surface area (Å²) < 4.78 is 35.5. The molecule has 4 heterocycles. The molecule has 144 valence electrons. The van der Waals surface area contributed by atoms with E-state index in [4.69, 9.17) is 28.4 Å². The molecule has 0 aromatic carbocycles. The van der Waals surface area contributed by atoms with Crippen molar-refractivity contribution in [3.63, 3.8) is 0 Å². The maximum Gasteiger partial charge on any atom is 0.222 e. The predicted molar refractivity (Wildman–Crippen MR) is 81.1 cm³/mol. The molecule has 0 spiro atoms. The van der Waals surface area contributed by atoms with E-state index < -0.39 is 36.2 Å². The van der Waals surface area contributed by atoms with Crippen LogP contribution in [0.1, 0.15) is 27.7 Å². The van der Waals surface area contributed by atoms with E-state index in [1.54, 1.807) is 0 Å². The van der Waals surface area contributed by atoms with Crippen LogP contribution in [0.2, 0.25) is 0 Å². The monoisotopic (exact) mass is 362 g/mol. The predicted octanol–water partition coefficient (Wildman–Crippen LogP) is -1.98. The smallest absolute Gasteiger partial charge is 0.222 e. The van der Waals surface area contributed by atoms with E-state index in [0.717, 1.165) is 0 Å². The van der Waals surface area contributed by atoms with Crippen LogP contribution in [-0.4, -0.2) is 84.1 Å². The topological polar surface area (TPSA) is 112 Å². The minimum absolute atomic E-state index is 0.144. The Hall–Kier alpha value is -0.360. The quantitative estimate of drug-likeness (QED) is 0.528. The first-order chi connectivity index (χ1) is 11.7. The van der Waals surface area contributed by atoms with Crippen LogP contribution >= 0.6 is 0 Å². The van der Waals surface area contributed by atoms with Crippen molar-refractivity contribution in [2.45, 2.75) is 88.3 Å². The van der Waals surface area contributed by atoms with Gasteiger partial charge in [0.05, 0.1) is 13.2 Å². The maximum atomic E-state index is 9.58. The van der Waals surface area contributed by atoms with E-state index in [0.29, 0.717) is 0 Å². The fourth-order valence-corrected chi connectivity index (χ4v) is 4.22. The van der Waals surface area contributed by atoms with Gasteiger partial charge in [-0.2, -0.15) is 0 Å². The summed E-state index contributed by atoms with van der Waals surface area (Å²) in [5, 5.41) is 21.0. The van der Waals surface area contributed by atoms with Gasteiger partial charge in [-0.3, -0.25) is 5.32 Å². The highest BCUT2D eigenvalue weighted by atomic mass is 16.8. The second kappa shape index (κ2) is 6.08. The molecule has 0 unspecified atom stereocenters. The molecule has 4 aliphatic rings. The molecule has 25 heavy (non-hydrogen) atoms. The average molecular weight is 362 g/mol. The second-order valence-electron chi connectivity index (χ2n) is 7.97. The summed E-state index contributed by atoms with van der Waals surface area (Å²) in [4.78, 5) is 0. The van der Waals surface area contributed by atoms with Gasteiger partial charge in [-0.1, -0.05) is 0 Å². The third kappa shape index (κ3) is 3.11. The molecular formula is C16H28NO8+. The summed E-state index contributed by atoms with van der Waals surface area (Å²) in [6.45, 7) is 7.09. The number of hydrogen-bond donors (Lipinski definition) is 3. The molecule has 0 amide bonds. The van der Waals surface area contributed by atoms with Gasteiger partial charge in [-0.15, -0.1) is 0 Å². The minimum atomic E-state index is -0.722. The van der Waals surface area contributed by atoms with E-state index >= 15 is 0 Å². The Morgan fingerprint density at radius 1 is 0.680 bits per heavy atom. The van der Waals surface area contributed by atoms with Crippen LogP contribution in [0.15, 0.2) is 0 Å². The van der Waals surface area contributed by atoms with Crippen molar-refractivity contribution >= 4 is 0 Å². The molecule has 0 aromatic heterocycles. The van der Waals surface area contributed by atoms with Gasteiger partial charge in [-0.05, 0) is 27.7 Å². The molecule has 8 atom stereocenters. The third-order valence-corrected chi connectivity index (χ3v) is 5.11. The molecule has 0 saturated carbocycles. The van der Waals surface area contributed by atoms with Gasteiger partial charge in [0.25, 0.3) is 0 Å². The zero-order valence-corrected chi connectivity index (χ0v) is 15.0. The molecule has 4 rings (SSSR count). The van der Waals surface area contributed by atoms with Crippen molar-refractivity contribution in [1.29, 1.82) is 0 Å². The van der Waals surface area contributed by atoms with Crippen molar-refractivity contribution in [3.8, 4) is 0 Å². The number of aliphatic hydroxyl groups excluding tert-OH is 2. The molecule has 4 N–H and O–H groups in total. The standard InChI is InChI=1S/C16H27NO8/c1-15(2)22-9-7(5-18)20-13(11(9)24-15)17-14-12-10(8(6-19)21-14)23-16(3,4)25-12/h7-14,17-19H,5-6H2,1-4H3/p+1/t7-,8+,9-,10-,11-,12-,13-,14-/m0/s1. The number of quaternary nitrogens is 1. The molecule has 9 nitrogen and oxygen atoms in total. The molecule has 9 heteroatoms. The summed E-state index contributed by atoms with van der Waals surface area (Å²) in [5.41, 5.74) is 0. The number of hydrogen-bond acceptors (Lipinski definition) is 8. The number of aliphatic hydroxyl groups is 2. The van der Waals surface area contributed by atoms with Gasteiger partial charge in [0.2, 0.25) is 12.5 Å². The zero-order chi connectivity index (χ0) is 18.0. The van der Waals surface area contributed by atoms with Crippen LogP contribution in [0.3, 0.4) is 0 Å². The zero-order valence-electron chi connectivity index (χ0n) is 15.0. The lowest BCUT2D eigenvalue weighted by Crippen LogP contribution is -2.99. The summed E-state index contributed by atoms with van der Waals surface area (Å²) >= 11 is 0. The highest BCUT2D eigenvalue weighted by Gasteiger charge is 2.61. The summed E-state index contributed by atoms with van der Waals surface area (Å²) in [6, 6.07) is 0. The molecule has 0 radical (unpaired) electrons. The maximum absolute atomic E-state index is 9.58. The lowest BCUT2D eigenvalue weighted by molar-refractivity contribution is -0.791. The van der Waals surface area contributed by atoms with Crippen molar-refractivity contribution in [1.82, 2.24) is 0 Å². The first-order valence-corrected chi connectivity index (χ1v) is 8.82. The number of ether oxygens (including phenoxy) is 6. The van der Waals surface area contributed by atoms with Crippen molar-refractivity contribution in [2.75, 3.05) is 13.2 Å². The first-order valence-electron chi connectivity index (χ1n) is 8.82. The Balaban J connectivity index is 1.48. The van der Waals surface area contributed by atoms with Crippen LogP contribution in [-0.2, 0) is 28.4 Å². The van der Waals surface area contributed by atoms with Crippen molar-refractivity contribution < 1.29 is 44.0 Å². The number of rotatable bonds is 4. The number of fused-ring (bicyclic) bond motifs is 2. The van der Waals surface area contributed by atoms with Gasteiger partial charge in [0, 0.05) is 0 Å². The largest absolute Gasteiger partial charge is 0.394 e. The van der Waals surface area contributed by atoms with Gasteiger partial charge >= 0.3 is 0 Å². The number of nitrogens with two attached hydrogens (primary N) is 1. The van der Waals surface area contributed by atoms with Crippen LogP contribution in [0.5, 0.6) is 0 Å². The Bertz CT molecular complexity index is 470. The first kappa shape index (κ1) is 18.0. The van der Waals surface area contributed by atoms with Gasteiger partial charge in [0.15, 0.2) is 23.8 Å². The third-order valence-electron chi connectivity index (χ3n) is 5.11. The summed E-state index contributed by atoms with van der Waals surface area (Å²) in [5.74, 6) is -1.44. The van der Waals surface area contributed by atoms with Gasteiger partial charge in [0.1, 0.15) is 24.4 Å². The van der Waals surface area contributed by atoms with Crippen molar-refractivity contribution in [2.24, 2.45) is 0 Å². The van der Waals surface area contributed by atoms with E-state index in [-0.39, 0.29) is 37.6 Å². The molecule has 0 aromatic rings. The lowest BCUT2D eigenvalue weighted by atomic mass is 10.1. The highest BCUT2D eigenvalue weighted by molar-refractivity contribution is 4.96. The highest BCUT2D eigenvalue weighted by Crippen LogP contribution is 2.39. The molecular weight excluding hydrogens is 334 g/mol. The fraction of sp³-hybridized carbons (Fsp3) is 1.00. The lowest BCUT2D eigenvalue weighted by Gasteiger charge is -2.26. The molecule has 0 bridgehead atoms.